The number of anilines is 1. The fourth-order valence-corrected chi connectivity index (χ4v) is 4.34. The second-order valence-electron chi connectivity index (χ2n) is 8.61. The van der Waals surface area contributed by atoms with Crippen LogP contribution in [0.3, 0.4) is 0 Å². The molecule has 1 aliphatic rings. The molecular formula is C27H31N5O5. The molecule has 0 aliphatic carbocycles. The quantitative estimate of drug-likeness (QED) is 0.456. The van der Waals surface area contributed by atoms with Crippen molar-refractivity contribution in [3.63, 3.8) is 0 Å². The van der Waals surface area contributed by atoms with Crippen LogP contribution in [-0.4, -0.2) is 67.1 Å². The van der Waals surface area contributed by atoms with E-state index in [9.17, 15) is 9.59 Å². The van der Waals surface area contributed by atoms with Crippen LogP contribution in [0.15, 0.2) is 54.9 Å². The van der Waals surface area contributed by atoms with Crippen molar-refractivity contribution >= 4 is 17.6 Å². The molecule has 0 radical (unpaired) electrons. The maximum absolute atomic E-state index is 13.1. The van der Waals surface area contributed by atoms with Crippen LogP contribution in [0.5, 0.6) is 17.2 Å². The van der Waals surface area contributed by atoms with Gasteiger partial charge in [0, 0.05) is 43.6 Å². The zero-order valence-electron chi connectivity index (χ0n) is 21.2. The standard InChI is InChI=1S/C27H31N5O5/c1-35-20-8-9-22(36-2)18(16-20)17-32-14-10-19(11-15-32)30-27(34)24-25(29-13-12-28-24)31-26(33)21-6-4-5-7-23(21)37-3/h4-9,12-13,16,19H,10-11,14-15,17H2,1-3H3,(H,30,34)(H,29,31,33). The summed E-state index contributed by atoms with van der Waals surface area (Å²) in [5.41, 5.74) is 1.45. The van der Waals surface area contributed by atoms with Gasteiger partial charge in [-0.05, 0) is 43.2 Å². The number of nitrogens with one attached hydrogen (secondary N) is 2. The van der Waals surface area contributed by atoms with Gasteiger partial charge in [-0.3, -0.25) is 14.5 Å². The normalized spacial score (nSPS) is 14.0. The number of hydrogen-bond donors (Lipinski definition) is 2. The molecule has 2 N–H and O–H groups in total. The monoisotopic (exact) mass is 505 g/mol. The van der Waals surface area contributed by atoms with Crippen molar-refractivity contribution in [1.29, 1.82) is 0 Å². The minimum absolute atomic E-state index is 0.0178. The first kappa shape index (κ1) is 25.9. The Morgan fingerprint density at radius 2 is 1.65 bits per heavy atom. The first-order valence-corrected chi connectivity index (χ1v) is 12.0. The molecule has 3 aromatic rings. The van der Waals surface area contributed by atoms with Crippen LogP contribution < -0.4 is 24.8 Å². The molecule has 2 aromatic carbocycles. The molecule has 1 fully saturated rings. The molecule has 1 aromatic heterocycles. The third-order valence-electron chi connectivity index (χ3n) is 6.30. The zero-order valence-corrected chi connectivity index (χ0v) is 21.2. The number of piperidine rings is 1. The number of methoxy groups -OCH3 is 3. The number of amides is 2. The van der Waals surface area contributed by atoms with Gasteiger partial charge in [0.2, 0.25) is 0 Å². The molecule has 2 heterocycles. The first-order valence-electron chi connectivity index (χ1n) is 12.0. The second-order valence-corrected chi connectivity index (χ2v) is 8.61. The summed E-state index contributed by atoms with van der Waals surface area (Å²) in [6, 6.07) is 12.6. The second kappa shape index (κ2) is 12.2. The van der Waals surface area contributed by atoms with Crippen LogP contribution in [0.2, 0.25) is 0 Å². The highest BCUT2D eigenvalue weighted by Crippen LogP contribution is 2.26. The summed E-state index contributed by atoms with van der Waals surface area (Å²) in [5.74, 6) is 1.31. The SMILES string of the molecule is COc1ccc(OC)c(CN2CCC(NC(=O)c3nccnc3NC(=O)c3ccccc3OC)CC2)c1. The molecule has 0 atom stereocenters. The number of para-hydroxylation sites is 1. The van der Waals surface area contributed by atoms with Gasteiger partial charge in [0.25, 0.3) is 11.8 Å². The van der Waals surface area contributed by atoms with E-state index in [1.165, 1.54) is 19.5 Å². The highest BCUT2D eigenvalue weighted by atomic mass is 16.5. The molecule has 0 bridgehead atoms. The van der Waals surface area contributed by atoms with Gasteiger partial charge in [-0.25, -0.2) is 9.97 Å². The van der Waals surface area contributed by atoms with Crippen molar-refractivity contribution in [2.75, 3.05) is 39.7 Å². The summed E-state index contributed by atoms with van der Waals surface area (Å²) in [5, 5.41) is 5.74. The minimum atomic E-state index is -0.437. The van der Waals surface area contributed by atoms with Crippen LogP contribution in [0, 0.1) is 0 Å². The van der Waals surface area contributed by atoms with Crippen molar-refractivity contribution in [3.05, 3.63) is 71.7 Å². The Kier molecular flexibility index (Phi) is 8.52. The van der Waals surface area contributed by atoms with E-state index in [0.29, 0.717) is 11.3 Å². The number of likely N-dealkylation sites (tertiary alicyclic amines) is 1. The fraction of sp³-hybridized carbons (Fsp3) is 0.333. The van der Waals surface area contributed by atoms with Crippen molar-refractivity contribution in [2.45, 2.75) is 25.4 Å². The topological polar surface area (TPSA) is 115 Å². The highest BCUT2D eigenvalue weighted by Gasteiger charge is 2.25. The number of ether oxygens (including phenoxy) is 3. The predicted molar refractivity (Wildman–Crippen MR) is 138 cm³/mol. The number of aromatic nitrogens is 2. The van der Waals surface area contributed by atoms with Crippen molar-refractivity contribution in [1.82, 2.24) is 20.2 Å². The van der Waals surface area contributed by atoms with Gasteiger partial charge < -0.3 is 24.8 Å². The number of rotatable bonds is 9. The first-order chi connectivity index (χ1) is 18.0. The van der Waals surface area contributed by atoms with Crippen LogP contribution >= 0.6 is 0 Å². The number of hydrogen-bond acceptors (Lipinski definition) is 8. The summed E-state index contributed by atoms with van der Waals surface area (Å²) in [7, 11) is 4.80. The van der Waals surface area contributed by atoms with E-state index in [4.69, 9.17) is 14.2 Å². The summed E-state index contributed by atoms with van der Waals surface area (Å²) in [6.45, 7) is 2.34. The van der Waals surface area contributed by atoms with E-state index < -0.39 is 5.91 Å². The third-order valence-corrected chi connectivity index (χ3v) is 6.30. The van der Waals surface area contributed by atoms with Crippen molar-refractivity contribution in [2.24, 2.45) is 0 Å². The molecule has 194 valence electrons. The Balaban J connectivity index is 1.36. The van der Waals surface area contributed by atoms with E-state index in [-0.39, 0.29) is 23.5 Å². The van der Waals surface area contributed by atoms with E-state index in [2.05, 4.69) is 25.5 Å². The summed E-state index contributed by atoms with van der Waals surface area (Å²) >= 11 is 0. The highest BCUT2D eigenvalue weighted by molar-refractivity contribution is 6.08. The lowest BCUT2D eigenvalue weighted by Crippen LogP contribution is -2.44. The molecular weight excluding hydrogens is 474 g/mol. The Labute approximate surface area is 216 Å². The molecule has 4 rings (SSSR count). The van der Waals surface area contributed by atoms with Gasteiger partial charge >= 0.3 is 0 Å². The Morgan fingerprint density at radius 1 is 0.919 bits per heavy atom. The Hall–Kier alpha value is -4.18. The molecule has 10 heteroatoms. The number of benzene rings is 2. The molecule has 0 unspecified atom stereocenters. The molecule has 0 spiro atoms. The summed E-state index contributed by atoms with van der Waals surface area (Å²) in [4.78, 5) is 36.6. The lowest BCUT2D eigenvalue weighted by atomic mass is 10.0. The molecule has 0 saturated carbocycles. The third kappa shape index (κ3) is 6.34. The maximum atomic E-state index is 13.1. The molecule has 10 nitrogen and oxygen atoms in total. The molecule has 1 aliphatic heterocycles. The van der Waals surface area contributed by atoms with Crippen LogP contribution in [0.4, 0.5) is 5.82 Å². The average molecular weight is 506 g/mol. The number of carbonyl (C=O) groups excluding carboxylic acids is 2. The van der Waals surface area contributed by atoms with Crippen molar-refractivity contribution in [3.8, 4) is 17.2 Å². The zero-order chi connectivity index (χ0) is 26.2. The Bertz CT molecular complexity index is 1240. The van der Waals surface area contributed by atoms with E-state index >= 15 is 0 Å². The van der Waals surface area contributed by atoms with E-state index in [0.717, 1.165) is 49.5 Å². The smallest absolute Gasteiger partial charge is 0.273 e. The molecule has 2 amide bonds. The van der Waals surface area contributed by atoms with E-state index in [1.807, 2.05) is 18.2 Å². The van der Waals surface area contributed by atoms with E-state index in [1.54, 1.807) is 38.5 Å². The summed E-state index contributed by atoms with van der Waals surface area (Å²) in [6.07, 6.45) is 4.42. The molecule has 1 saturated heterocycles. The van der Waals surface area contributed by atoms with Gasteiger partial charge in [-0.15, -0.1) is 0 Å². The maximum Gasteiger partial charge on any atom is 0.273 e. The fourth-order valence-electron chi connectivity index (χ4n) is 4.34. The van der Waals surface area contributed by atoms with Gasteiger partial charge in [0.05, 0.1) is 26.9 Å². The van der Waals surface area contributed by atoms with Gasteiger partial charge in [0.1, 0.15) is 17.2 Å². The largest absolute Gasteiger partial charge is 0.497 e. The van der Waals surface area contributed by atoms with Crippen LogP contribution in [0.1, 0.15) is 39.3 Å². The van der Waals surface area contributed by atoms with Crippen LogP contribution in [-0.2, 0) is 6.54 Å². The lowest BCUT2D eigenvalue weighted by Gasteiger charge is -2.32. The predicted octanol–water partition coefficient (Wildman–Crippen LogP) is 3.15. The lowest BCUT2D eigenvalue weighted by molar-refractivity contribution is 0.0904. The van der Waals surface area contributed by atoms with Gasteiger partial charge in [-0.1, -0.05) is 12.1 Å². The van der Waals surface area contributed by atoms with Gasteiger partial charge in [0.15, 0.2) is 11.5 Å². The summed E-state index contributed by atoms with van der Waals surface area (Å²) < 4.78 is 16.1. The molecule has 37 heavy (non-hydrogen) atoms. The Morgan fingerprint density at radius 3 is 2.38 bits per heavy atom. The van der Waals surface area contributed by atoms with Crippen LogP contribution in [0.25, 0.3) is 0 Å². The number of carbonyl (C=O) groups is 2. The average Bonchev–Trinajstić information content (AvgIpc) is 2.94. The number of nitrogens with zero attached hydrogens (tertiary/aromatic N) is 3. The minimum Gasteiger partial charge on any atom is -0.497 e. The van der Waals surface area contributed by atoms with Crippen molar-refractivity contribution < 1.29 is 23.8 Å². The van der Waals surface area contributed by atoms with Gasteiger partial charge in [-0.2, -0.15) is 0 Å².